The summed E-state index contributed by atoms with van der Waals surface area (Å²) in [6.45, 7) is 6.92. The van der Waals surface area contributed by atoms with Crippen LogP contribution in [0.2, 0.25) is 0 Å². The molecule has 1 N–H and O–H groups in total. The van der Waals surface area contributed by atoms with Crippen molar-refractivity contribution in [1.29, 1.82) is 0 Å². The molecule has 0 aromatic heterocycles. The maximum atomic E-state index is 3.45. The Balaban J connectivity index is 2.18. The zero-order valence-electron chi connectivity index (χ0n) is 10.1. The van der Waals surface area contributed by atoms with Gasteiger partial charge < -0.3 is 5.32 Å². The fourth-order valence-electron chi connectivity index (χ4n) is 2.28. The second-order valence-corrected chi connectivity index (χ2v) is 7.26. The highest BCUT2D eigenvalue weighted by Crippen LogP contribution is 2.31. The average Bonchev–Trinajstić information content (AvgIpc) is 2.49. The van der Waals surface area contributed by atoms with Crippen molar-refractivity contribution < 1.29 is 0 Å². The first kappa shape index (κ1) is 12.4. The van der Waals surface area contributed by atoms with Gasteiger partial charge in [-0.1, -0.05) is 27.2 Å². The van der Waals surface area contributed by atoms with Crippen molar-refractivity contribution in [2.75, 3.05) is 12.8 Å². The fraction of sp³-hybridized carbons (Fsp3) is 1.00. The molecular formula is C12H25NS. The van der Waals surface area contributed by atoms with Gasteiger partial charge in [-0.25, -0.2) is 0 Å². The molecule has 1 aliphatic carbocycles. The molecule has 0 bridgehead atoms. The Labute approximate surface area is 93.4 Å². The molecule has 0 aromatic carbocycles. The van der Waals surface area contributed by atoms with Crippen LogP contribution in [0.5, 0.6) is 0 Å². The lowest BCUT2D eigenvalue weighted by molar-refractivity contribution is 0.417. The van der Waals surface area contributed by atoms with E-state index < -0.39 is 0 Å². The van der Waals surface area contributed by atoms with E-state index in [0.717, 1.165) is 12.0 Å². The van der Waals surface area contributed by atoms with E-state index in [2.05, 4.69) is 44.9 Å². The third kappa shape index (κ3) is 4.22. The molecule has 0 heterocycles. The van der Waals surface area contributed by atoms with Gasteiger partial charge in [-0.15, -0.1) is 0 Å². The number of thioether (sulfide) groups is 1. The van der Waals surface area contributed by atoms with Gasteiger partial charge in [0.1, 0.15) is 0 Å². The summed E-state index contributed by atoms with van der Waals surface area (Å²) in [5, 5.41) is 3.45. The number of hydrogen-bond donors (Lipinski definition) is 1. The van der Waals surface area contributed by atoms with Gasteiger partial charge in [0, 0.05) is 10.8 Å². The summed E-state index contributed by atoms with van der Waals surface area (Å²) < 4.78 is 0.438. The Morgan fingerprint density at radius 2 is 2.00 bits per heavy atom. The SMILES string of the molecule is CNC1CCCC1CCSC(C)(C)C. The summed E-state index contributed by atoms with van der Waals surface area (Å²) in [7, 11) is 2.11. The van der Waals surface area contributed by atoms with Crippen LogP contribution in [0, 0.1) is 5.92 Å². The van der Waals surface area contributed by atoms with Crippen molar-refractivity contribution in [2.45, 2.75) is 57.2 Å². The van der Waals surface area contributed by atoms with Crippen molar-refractivity contribution in [3.05, 3.63) is 0 Å². The molecule has 0 aliphatic heterocycles. The molecule has 1 rings (SSSR count). The molecular weight excluding hydrogens is 190 g/mol. The first-order chi connectivity index (χ1) is 6.53. The Kier molecular flexibility index (Phi) is 4.78. The third-order valence-corrected chi connectivity index (χ3v) is 4.36. The summed E-state index contributed by atoms with van der Waals surface area (Å²) in [6.07, 6.45) is 5.65. The van der Waals surface area contributed by atoms with Gasteiger partial charge in [0.25, 0.3) is 0 Å². The Bertz CT molecular complexity index is 162. The maximum absolute atomic E-state index is 3.45. The van der Waals surface area contributed by atoms with Crippen molar-refractivity contribution in [3.63, 3.8) is 0 Å². The molecule has 0 amide bonds. The minimum atomic E-state index is 0.438. The first-order valence-corrected chi connectivity index (χ1v) is 6.83. The lowest BCUT2D eigenvalue weighted by Gasteiger charge is -2.22. The highest BCUT2D eigenvalue weighted by molar-refractivity contribution is 8.00. The lowest BCUT2D eigenvalue weighted by atomic mass is 10.0. The van der Waals surface area contributed by atoms with Gasteiger partial charge in [-0.05, 0) is 38.0 Å². The molecule has 0 saturated heterocycles. The van der Waals surface area contributed by atoms with Crippen molar-refractivity contribution in [3.8, 4) is 0 Å². The zero-order chi connectivity index (χ0) is 10.6. The molecule has 0 radical (unpaired) electrons. The van der Waals surface area contributed by atoms with E-state index in [1.807, 2.05) is 0 Å². The monoisotopic (exact) mass is 215 g/mol. The van der Waals surface area contributed by atoms with Crippen molar-refractivity contribution in [2.24, 2.45) is 5.92 Å². The number of nitrogens with one attached hydrogen (secondary N) is 1. The van der Waals surface area contributed by atoms with Crippen LogP contribution >= 0.6 is 11.8 Å². The predicted molar refractivity (Wildman–Crippen MR) is 67.0 cm³/mol. The molecule has 2 heteroatoms. The molecule has 0 spiro atoms. The Hall–Kier alpha value is 0.310. The van der Waals surface area contributed by atoms with Crippen LogP contribution in [0.25, 0.3) is 0 Å². The molecule has 2 atom stereocenters. The molecule has 0 aromatic rings. The molecule has 84 valence electrons. The van der Waals surface area contributed by atoms with Gasteiger partial charge in [0.15, 0.2) is 0 Å². The smallest absolute Gasteiger partial charge is 0.00926 e. The largest absolute Gasteiger partial charge is 0.317 e. The normalized spacial score (nSPS) is 28.3. The predicted octanol–water partition coefficient (Wildman–Crippen LogP) is 3.30. The number of rotatable bonds is 4. The highest BCUT2D eigenvalue weighted by atomic mass is 32.2. The third-order valence-electron chi connectivity index (χ3n) is 3.05. The van der Waals surface area contributed by atoms with Gasteiger partial charge in [-0.2, -0.15) is 11.8 Å². The Morgan fingerprint density at radius 1 is 1.29 bits per heavy atom. The highest BCUT2D eigenvalue weighted by Gasteiger charge is 2.25. The molecule has 1 fully saturated rings. The van der Waals surface area contributed by atoms with Crippen molar-refractivity contribution in [1.82, 2.24) is 5.32 Å². The zero-order valence-corrected chi connectivity index (χ0v) is 10.9. The van der Waals surface area contributed by atoms with Crippen LogP contribution in [0.1, 0.15) is 46.5 Å². The summed E-state index contributed by atoms with van der Waals surface area (Å²) >= 11 is 2.11. The molecule has 1 saturated carbocycles. The van der Waals surface area contributed by atoms with E-state index in [0.29, 0.717) is 4.75 Å². The number of hydrogen-bond acceptors (Lipinski definition) is 2. The minimum Gasteiger partial charge on any atom is -0.317 e. The fourth-order valence-corrected chi connectivity index (χ4v) is 3.31. The first-order valence-electron chi connectivity index (χ1n) is 5.84. The van der Waals surface area contributed by atoms with E-state index in [1.165, 1.54) is 31.4 Å². The minimum absolute atomic E-state index is 0.438. The van der Waals surface area contributed by atoms with Crippen LogP contribution in [-0.2, 0) is 0 Å². The summed E-state index contributed by atoms with van der Waals surface area (Å²) in [6, 6.07) is 0.801. The van der Waals surface area contributed by atoms with Crippen molar-refractivity contribution >= 4 is 11.8 Å². The lowest BCUT2D eigenvalue weighted by Crippen LogP contribution is -2.29. The quantitative estimate of drug-likeness (QED) is 0.772. The summed E-state index contributed by atoms with van der Waals surface area (Å²) in [4.78, 5) is 0. The standard InChI is InChI=1S/C12H25NS/c1-12(2,3)14-9-8-10-6-5-7-11(10)13-4/h10-11,13H,5-9H2,1-4H3. The second kappa shape index (κ2) is 5.41. The van der Waals surface area contributed by atoms with Crippen LogP contribution in [0.4, 0.5) is 0 Å². The van der Waals surface area contributed by atoms with Gasteiger partial charge in [0.05, 0.1) is 0 Å². The summed E-state index contributed by atoms with van der Waals surface area (Å²) in [5.41, 5.74) is 0. The van der Waals surface area contributed by atoms with Gasteiger partial charge >= 0.3 is 0 Å². The van der Waals surface area contributed by atoms with E-state index in [1.54, 1.807) is 0 Å². The van der Waals surface area contributed by atoms with Crippen LogP contribution < -0.4 is 5.32 Å². The van der Waals surface area contributed by atoms with E-state index in [9.17, 15) is 0 Å². The van der Waals surface area contributed by atoms with Crippen LogP contribution in [0.15, 0.2) is 0 Å². The van der Waals surface area contributed by atoms with Crippen LogP contribution in [0.3, 0.4) is 0 Å². The summed E-state index contributed by atoms with van der Waals surface area (Å²) in [5.74, 6) is 2.27. The molecule has 1 nitrogen and oxygen atoms in total. The van der Waals surface area contributed by atoms with E-state index >= 15 is 0 Å². The topological polar surface area (TPSA) is 12.0 Å². The average molecular weight is 215 g/mol. The molecule has 2 unspecified atom stereocenters. The Morgan fingerprint density at radius 3 is 2.57 bits per heavy atom. The van der Waals surface area contributed by atoms with Gasteiger partial charge in [-0.3, -0.25) is 0 Å². The second-order valence-electron chi connectivity index (χ2n) is 5.34. The maximum Gasteiger partial charge on any atom is 0.00926 e. The van der Waals surface area contributed by atoms with E-state index in [-0.39, 0.29) is 0 Å². The van der Waals surface area contributed by atoms with Gasteiger partial charge in [0.2, 0.25) is 0 Å². The molecule has 14 heavy (non-hydrogen) atoms. The van der Waals surface area contributed by atoms with Crippen LogP contribution in [-0.4, -0.2) is 23.6 Å². The van der Waals surface area contributed by atoms with E-state index in [4.69, 9.17) is 0 Å². The molecule has 1 aliphatic rings.